The molecule has 2 N–H and O–H groups in total. The highest BCUT2D eigenvalue weighted by Gasteiger charge is 2.27. The van der Waals surface area contributed by atoms with E-state index in [1.807, 2.05) is 0 Å². The molecule has 27 heavy (non-hydrogen) atoms. The lowest BCUT2D eigenvalue weighted by atomic mass is 9.95. The molecule has 1 aliphatic heterocycles. The van der Waals surface area contributed by atoms with Crippen molar-refractivity contribution in [2.75, 3.05) is 23.7 Å². The Morgan fingerprint density at radius 2 is 1.63 bits per heavy atom. The fourth-order valence-electron chi connectivity index (χ4n) is 3.10. The molecule has 1 aromatic heterocycles. The van der Waals surface area contributed by atoms with Gasteiger partial charge in [-0.3, -0.25) is 19.4 Å². The molecule has 3 amide bonds. The van der Waals surface area contributed by atoms with Crippen LogP contribution in [0.3, 0.4) is 0 Å². The lowest BCUT2D eigenvalue weighted by Crippen LogP contribution is -2.41. The number of benzene rings is 1. The van der Waals surface area contributed by atoms with Crippen LogP contribution in [0.4, 0.5) is 11.4 Å². The van der Waals surface area contributed by atoms with Crippen LogP contribution in [0.2, 0.25) is 0 Å². The predicted octanol–water partition coefficient (Wildman–Crippen LogP) is 2.53. The first-order valence-electron chi connectivity index (χ1n) is 8.91. The molecule has 2 aromatic rings. The van der Waals surface area contributed by atoms with Gasteiger partial charge in [0.15, 0.2) is 0 Å². The van der Waals surface area contributed by atoms with Crippen LogP contribution in [-0.4, -0.2) is 40.7 Å². The molecule has 2 heterocycles. The van der Waals surface area contributed by atoms with E-state index in [9.17, 15) is 14.4 Å². The van der Waals surface area contributed by atoms with Gasteiger partial charge in [0.2, 0.25) is 11.8 Å². The monoisotopic (exact) mass is 366 g/mol. The normalized spacial score (nSPS) is 14.5. The van der Waals surface area contributed by atoms with E-state index in [0.29, 0.717) is 42.9 Å². The molecule has 0 spiro atoms. The second-order valence-corrected chi connectivity index (χ2v) is 6.56. The molecule has 1 aromatic carbocycles. The molecule has 0 aliphatic carbocycles. The number of nitrogens with one attached hydrogen (secondary N) is 2. The third-order valence-electron chi connectivity index (χ3n) is 4.53. The first kappa shape index (κ1) is 18.6. The molecular formula is C20H22N4O3. The molecule has 0 atom stereocenters. The number of rotatable bonds is 4. The highest BCUT2D eigenvalue weighted by molar-refractivity contribution is 5.95. The molecule has 1 aliphatic rings. The van der Waals surface area contributed by atoms with Crippen molar-refractivity contribution in [1.82, 2.24) is 9.88 Å². The van der Waals surface area contributed by atoms with Crippen molar-refractivity contribution in [2.24, 2.45) is 5.92 Å². The van der Waals surface area contributed by atoms with Gasteiger partial charge in [0.1, 0.15) is 0 Å². The van der Waals surface area contributed by atoms with Crippen molar-refractivity contribution in [3.8, 4) is 0 Å². The van der Waals surface area contributed by atoms with Crippen molar-refractivity contribution in [2.45, 2.75) is 19.8 Å². The van der Waals surface area contributed by atoms with E-state index in [0.717, 1.165) is 0 Å². The first-order valence-corrected chi connectivity index (χ1v) is 8.91. The van der Waals surface area contributed by atoms with Crippen molar-refractivity contribution in [1.29, 1.82) is 0 Å². The molecular weight excluding hydrogens is 344 g/mol. The Bertz CT molecular complexity index is 813. The van der Waals surface area contributed by atoms with Crippen LogP contribution in [0.1, 0.15) is 30.1 Å². The molecule has 0 bridgehead atoms. The molecule has 0 radical (unpaired) electrons. The van der Waals surface area contributed by atoms with E-state index < -0.39 is 0 Å². The minimum Gasteiger partial charge on any atom is -0.339 e. The predicted molar refractivity (Wildman–Crippen MR) is 102 cm³/mol. The Morgan fingerprint density at radius 3 is 2.19 bits per heavy atom. The molecule has 0 saturated carbocycles. The van der Waals surface area contributed by atoms with Crippen LogP contribution in [0.15, 0.2) is 48.8 Å². The topological polar surface area (TPSA) is 91.4 Å². The van der Waals surface area contributed by atoms with Gasteiger partial charge < -0.3 is 15.5 Å². The molecule has 7 nitrogen and oxygen atoms in total. The van der Waals surface area contributed by atoms with Gasteiger partial charge in [-0.25, -0.2) is 0 Å². The summed E-state index contributed by atoms with van der Waals surface area (Å²) in [6, 6.07) is 10.5. The summed E-state index contributed by atoms with van der Waals surface area (Å²) in [5.41, 5.74) is 1.94. The van der Waals surface area contributed by atoms with E-state index >= 15 is 0 Å². The third kappa shape index (κ3) is 4.91. The van der Waals surface area contributed by atoms with Gasteiger partial charge in [0.05, 0.1) is 5.56 Å². The number of amides is 3. The number of carbonyl (C=O) groups is 3. The number of hydrogen-bond donors (Lipinski definition) is 2. The fraction of sp³-hybridized carbons (Fsp3) is 0.300. The van der Waals surface area contributed by atoms with Crippen LogP contribution in [0.5, 0.6) is 0 Å². The Morgan fingerprint density at radius 1 is 1.00 bits per heavy atom. The first-order chi connectivity index (χ1) is 13.0. The third-order valence-corrected chi connectivity index (χ3v) is 4.53. The largest absolute Gasteiger partial charge is 0.339 e. The molecule has 1 saturated heterocycles. The zero-order chi connectivity index (χ0) is 19.2. The van der Waals surface area contributed by atoms with Crippen LogP contribution >= 0.6 is 0 Å². The number of hydrogen-bond acceptors (Lipinski definition) is 4. The second-order valence-electron chi connectivity index (χ2n) is 6.56. The molecule has 7 heteroatoms. The van der Waals surface area contributed by atoms with Crippen molar-refractivity contribution < 1.29 is 14.4 Å². The summed E-state index contributed by atoms with van der Waals surface area (Å²) in [5, 5.41) is 5.59. The summed E-state index contributed by atoms with van der Waals surface area (Å²) in [6.07, 6.45) is 4.45. The quantitative estimate of drug-likeness (QED) is 0.870. The number of likely N-dealkylation sites (tertiary alicyclic amines) is 1. The van der Waals surface area contributed by atoms with Crippen LogP contribution in [-0.2, 0) is 9.59 Å². The van der Waals surface area contributed by atoms with Crippen LogP contribution in [0, 0.1) is 5.92 Å². The number of piperidine rings is 1. The summed E-state index contributed by atoms with van der Waals surface area (Å²) >= 11 is 0. The number of pyridine rings is 1. The maximum absolute atomic E-state index is 12.5. The number of aromatic nitrogens is 1. The number of nitrogens with zero attached hydrogens (tertiary/aromatic N) is 2. The summed E-state index contributed by atoms with van der Waals surface area (Å²) in [6.45, 7) is 2.54. The van der Waals surface area contributed by atoms with Gasteiger partial charge in [-0.1, -0.05) is 0 Å². The van der Waals surface area contributed by atoms with Crippen molar-refractivity contribution >= 4 is 29.1 Å². The highest BCUT2D eigenvalue weighted by Crippen LogP contribution is 2.21. The zero-order valence-corrected chi connectivity index (χ0v) is 15.1. The Kier molecular flexibility index (Phi) is 5.80. The van der Waals surface area contributed by atoms with Gasteiger partial charge in [0.25, 0.3) is 5.91 Å². The summed E-state index contributed by atoms with van der Waals surface area (Å²) in [5.74, 6) is -0.358. The summed E-state index contributed by atoms with van der Waals surface area (Å²) < 4.78 is 0. The average Bonchev–Trinajstić information content (AvgIpc) is 2.69. The van der Waals surface area contributed by atoms with Crippen LogP contribution < -0.4 is 10.6 Å². The Hall–Kier alpha value is -3.22. The SMILES string of the molecule is CC(=O)Nc1ccc(NC(=O)C2CCN(C(=O)c3cccnc3)CC2)cc1. The Balaban J connectivity index is 1.51. The summed E-state index contributed by atoms with van der Waals surface area (Å²) in [7, 11) is 0. The lowest BCUT2D eigenvalue weighted by Gasteiger charge is -2.31. The van der Waals surface area contributed by atoms with E-state index in [-0.39, 0.29) is 23.6 Å². The van der Waals surface area contributed by atoms with Crippen molar-refractivity contribution in [3.63, 3.8) is 0 Å². The van der Waals surface area contributed by atoms with E-state index in [1.165, 1.54) is 6.92 Å². The minimum absolute atomic E-state index is 0.0456. The van der Waals surface area contributed by atoms with E-state index in [2.05, 4.69) is 15.6 Å². The van der Waals surface area contributed by atoms with Gasteiger partial charge in [0, 0.05) is 49.7 Å². The van der Waals surface area contributed by atoms with Gasteiger partial charge in [-0.05, 0) is 49.2 Å². The molecule has 0 unspecified atom stereocenters. The number of carbonyl (C=O) groups excluding carboxylic acids is 3. The lowest BCUT2D eigenvalue weighted by molar-refractivity contribution is -0.121. The fourth-order valence-corrected chi connectivity index (χ4v) is 3.10. The minimum atomic E-state index is -0.139. The maximum atomic E-state index is 12.5. The molecule has 1 fully saturated rings. The highest BCUT2D eigenvalue weighted by atomic mass is 16.2. The van der Waals surface area contributed by atoms with E-state index in [4.69, 9.17) is 0 Å². The van der Waals surface area contributed by atoms with Gasteiger partial charge in [-0.2, -0.15) is 0 Å². The van der Waals surface area contributed by atoms with Gasteiger partial charge in [-0.15, -0.1) is 0 Å². The second kappa shape index (κ2) is 8.44. The average molecular weight is 366 g/mol. The Labute approximate surface area is 157 Å². The standard InChI is InChI=1S/C20H22N4O3/c1-14(25)22-17-4-6-18(7-5-17)23-19(26)15-8-11-24(12-9-15)20(27)16-3-2-10-21-13-16/h2-7,10,13,15H,8-9,11-12H2,1H3,(H,22,25)(H,23,26). The summed E-state index contributed by atoms with van der Waals surface area (Å²) in [4.78, 5) is 41.7. The number of anilines is 2. The van der Waals surface area contributed by atoms with E-state index in [1.54, 1.807) is 53.7 Å². The maximum Gasteiger partial charge on any atom is 0.255 e. The van der Waals surface area contributed by atoms with Gasteiger partial charge >= 0.3 is 0 Å². The zero-order valence-electron chi connectivity index (χ0n) is 15.1. The van der Waals surface area contributed by atoms with Crippen molar-refractivity contribution in [3.05, 3.63) is 54.4 Å². The van der Waals surface area contributed by atoms with Crippen LogP contribution in [0.25, 0.3) is 0 Å². The smallest absolute Gasteiger partial charge is 0.255 e. The molecule has 140 valence electrons. The molecule has 3 rings (SSSR count).